The van der Waals surface area contributed by atoms with E-state index in [-0.39, 0.29) is 5.84 Å². The van der Waals surface area contributed by atoms with Gasteiger partial charge in [0.15, 0.2) is 5.84 Å². The quantitative estimate of drug-likeness (QED) is 0.332. The second kappa shape index (κ2) is 8.77. The fourth-order valence-electron chi connectivity index (χ4n) is 1.67. The summed E-state index contributed by atoms with van der Waals surface area (Å²) in [7, 11) is 0. The van der Waals surface area contributed by atoms with E-state index in [0.717, 1.165) is 29.7 Å². The van der Waals surface area contributed by atoms with Gasteiger partial charge in [0, 0.05) is 11.0 Å². The normalized spacial score (nSPS) is 11.8. The van der Waals surface area contributed by atoms with Crippen LogP contribution in [-0.4, -0.2) is 42.2 Å². The minimum Gasteiger partial charge on any atom is -0.492 e. The van der Waals surface area contributed by atoms with Crippen molar-refractivity contribution in [2.24, 2.45) is 10.9 Å². The van der Waals surface area contributed by atoms with Crippen molar-refractivity contribution in [2.75, 3.05) is 26.2 Å². The van der Waals surface area contributed by atoms with Crippen LogP contribution in [0.2, 0.25) is 0 Å². The first-order valence-electron chi connectivity index (χ1n) is 6.22. The van der Waals surface area contributed by atoms with Gasteiger partial charge in [0.2, 0.25) is 0 Å². The van der Waals surface area contributed by atoms with Gasteiger partial charge in [0.1, 0.15) is 12.4 Å². The van der Waals surface area contributed by atoms with Gasteiger partial charge in [-0.1, -0.05) is 28.0 Å². The van der Waals surface area contributed by atoms with Gasteiger partial charge in [-0.25, -0.2) is 0 Å². The van der Waals surface area contributed by atoms with Crippen LogP contribution in [0.1, 0.15) is 13.3 Å². The van der Waals surface area contributed by atoms with Crippen molar-refractivity contribution >= 4 is 21.8 Å². The number of hydrogen-bond acceptors (Lipinski definition) is 4. The first-order chi connectivity index (χ1) is 9.15. The third-order valence-electron chi connectivity index (χ3n) is 2.54. The second-order valence-corrected chi connectivity index (χ2v) is 5.09. The van der Waals surface area contributed by atoms with Gasteiger partial charge in [-0.05, 0) is 37.2 Å². The lowest BCUT2D eigenvalue weighted by molar-refractivity contribution is 0.224. The summed E-state index contributed by atoms with van der Waals surface area (Å²) in [6, 6.07) is 7.71. The molecule has 0 spiro atoms. The van der Waals surface area contributed by atoms with Gasteiger partial charge in [-0.3, -0.25) is 4.90 Å². The van der Waals surface area contributed by atoms with Crippen LogP contribution in [0.4, 0.5) is 0 Å². The van der Waals surface area contributed by atoms with Crippen molar-refractivity contribution in [1.29, 1.82) is 0 Å². The van der Waals surface area contributed by atoms with Crippen molar-refractivity contribution in [3.63, 3.8) is 0 Å². The van der Waals surface area contributed by atoms with Gasteiger partial charge in [-0.15, -0.1) is 0 Å². The van der Waals surface area contributed by atoms with Gasteiger partial charge in [-0.2, -0.15) is 0 Å². The monoisotopic (exact) mass is 329 g/mol. The Morgan fingerprint density at radius 3 is 2.63 bits per heavy atom. The molecule has 0 unspecified atom stereocenters. The SMILES string of the molecule is CCCN(CCOc1ccc(Br)cc1)CC(N)=NO. The Kier molecular flexibility index (Phi) is 7.28. The van der Waals surface area contributed by atoms with Crippen molar-refractivity contribution < 1.29 is 9.94 Å². The molecule has 1 rings (SSSR count). The summed E-state index contributed by atoms with van der Waals surface area (Å²) in [6.45, 7) is 4.74. The van der Waals surface area contributed by atoms with Gasteiger partial charge in [0.05, 0.1) is 6.54 Å². The fourth-order valence-corrected chi connectivity index (χ4v) is 1.93. The smallest absolute Gasteiger partial charge is 0.153 e. The molecule has 0 aliphatic heterocycles. The molecule has 0 aromatic heterocycles. The number of hydrogen-bond donors (Lipinski definition) is 2. The highest BCUT2D eigenvalue weighted by Crippen LogP contribution is 2.15. The molecule has 0 aliphatic rings. The Labute approximate surface area is 122 Å². The Morgan fingerprint density at radius 2 is 2.05 bits per heavy atom. The highest BCUT2D eigenvalue weighted by molar-refractivity contribution is 9.10. The lowest BCUT2D eigenvalue weighted by Gasteiger charge is -2.20. The predicted molar refractivity (Wildman–Crippen MR) is 79.8 cm³/mol. The summed E-state index contributed by atoms with van der Waals surface area (Å²) in [5.41, 5.74) is 5.52. The topological polar surface area (TPSA) is 71.1 Å². The van der Waals surface area contributed by atoms with E-state index in [4.69, 9.17) is 15.7 Å². The van der Waals surface area contributed by atoms with E-state index in [1.165, 1.54) is 0 Å². The highest BCUT2D eigenvalue weighted by atomic mass is 79.9. The average molecular weight is 330 g/mol. The molecule has 0 heterocycles. The molecule has 5 nitrogen and oxygen atoms in total. The molecule has 19 heavy (non-hydrogen) atoms. The molecule has 0 fully saturated rings. The number of benzene rings is 1. The van der Waals surface area contributed by atoms with Crippen molar-refractivity contribution in [3.05, 3.63) is 28.7 Å². The van der Waals surface area contributed by atoms with Crippen molar-refractivity contribution in [3.8, 4) is 5.75 Å². The lowest BCUT2D eigenvalue weighted by Crippen LogP contribution is -2.37. The Bertz CT molecular complexity index is 395. The number of ether oxygens (including phenoxy) is 1. The third kappa shape index (κ3) is 6.45. The van der Waals surface area contributed by atoms with Gasteiger partial charge < -0.3 is 15.7 Å². The summed E-state index contributed by atoms with van der Waals surface area (Å²) in [4.78, 5) is 2.09. The summed E-state index contributed by atoms with van der Waals surface area (Å²) in [5, 5.41) is 11.6. The minimum absolute atomic E-state index is 0.220. The highest BCUT2D eigenvalue weighted by Gasteiger charge is 2.06. The Balaban J connectivity index is 2.37. The minimum atomic E-state index is 0.220. The molecule has 6 heteroatoms. The molecule has 1 aromatic rings. The zero-order valence-corrected chi connectivity index (χ0v) is 12.6. The van der Waals surface area contributed by atoms with E-state index in [1.807, 2.05) is 24.3 Å². The lowest BCUT2D eigenvalue weighted by atomic mass is 10.3. The van der Waals surface area contributed by atoms with Gasteiger partial charge >= 0.3 is 0 Å². The van der Waals surface area contributed by atoms with Crippen LogP contribution in [0, 0.1) is 0 Å². The molecule has 0 saturated carbocycles. The molecule has 0 radical (unpaired) electrons. The van der Waals surface area contributed by atoms with E-state index < -0.39 is 0 Å². The number of nitrogens with two attached hydrogens (primary N) is 1. The largest absolute Gasteiger partial charge is 0.492 e. The first kappa shape index (κ1) is 15.8. The number of rotatable bonds is 8. The summed E-state index contributed by atoms with van der Waals surface area (Å²) in [5.74, 6) is 1.06. The summed E-state index contributed by atoms with van der Waals surface area (Å²) >= 11 is 3.38. The number of oxime groups is 1. The molecule has 0 aliphatic carbocycles. The van der Waals surface area contributed by atoms with E-state index in [1.54, 1.807) is 0 Å². The molecular weight excluding hydrogens is 310 g/mol. The zero-order chi connectivity index (χ0) is 14.1. The maximum atomic E-state index is 8.58. The number of amidine groups is 1. The van der Waals surface area contributed by atoms with Crippen LogP contribution in [0.25, 0.3) is 0 Å². The van der Waals surface area contributed by atoms with Crippen molar-refractivity contribution in [1.82, 2.24) is 4.90 Å². The second-order valence-electron chi connectivity index (χ2n) is 4.17. The van der Waals surface area contributed by atoms with Crippen molar-refractivity contribution in [2.45, 2.75) is 13.3 Å². The first-order valence-corrected chi connectivity index (χ1v) is 7.02. The van der Waals surface area contributed by atoms with E-state index in [2.05, 4.69) is 32.9 Å². The van der Waals surface area contributed by atoms with Crippen LogP contribution in [0.3, 0.4) is 0 Å². The molecular formula is C13H20BrN3O2. The predicted octanol–water partition coefficient (Wildman–Crippen LogP) is 2.29. The van der Waals surface area contributed by atoms with Crippen LogP contribution in [0.15, 0.2) is 33.9 Å². The zero-order valence-electron chi connectivity index (χ0n) is 11.1. The van der Waals surface area contributed by atoms with Gasteiger partial charge in [0.25, 0.3) is 0 Å². The van der Waals surface area contributed by atoms with Crippen LogP contribution >= 0.6 is 15.9 Å². The average Bonchev–Trinajstić information content (AvgIpc) is 2.41. The molecule has 0 amide bonds. The maximum Gasteiger partial charge on any atom is 0.153 e. The molecule has 1 aromatic carbocycles. The standard InChI is InChI=1S/C13H20BrN3O2/c1-2-7-17(10-13(15)16-18)8-9-19-12-5-3-11(14)4-6-12/h3-6,18H,2,7-10H2,1H3,(H2,15,16). The van der Waals surface area contributed by atoms with E-state index in [0.29, 0.717) is 13.2 Å². The Hall–Kier alpha value is -1.27. The molecule has 0 saturated heterocycles. The van der Waals surface area contributed by atoms with Crippen LogP contribution in [0.5, 0.6) is 5.75 Å². The van der Waals surface area contributed by atoms with Crippen LogP contribution in [-0.2, 0) is 0 Å². The third-order valence-corrected chi connectivity index (χ3v) is 3.07. The number of nitrogens with zero attached hydrogens (tertiary/aromatic N) is 2. The number of halogens is 1. The Morgan fingerprint density at radius 1 is 1.37 bits per heavy atom. The van der Waals surface area contributed by atoms with E-state index >= 15 is 0 Å². The summed E-state index contributed by atoms with van der Waals surface area (Å²) in [6.07, 6.45) is 1.01. The molecule has 3 N–H and O–H groups in total. The molecule has 106 valence electrons. The molecule has 0 atom stereocenters. The maximum absolute atomic E-state index is 8.58. The summed E-state index contributed by atoms with van der Waals surface area (Å²) < 4.78 is 6.67. The fraction of sp³-hybridized carbons (Fsp3) is 0.462. The van der Waals surface area contributed by atoms with E-state index in [9.17, 15) is 0 Å². The molecule has 0 bridgehead atoms. The van der Waals surface area contributed by atoms with Crippen LogP contribution < -0.4 is 10.5 Å².